The molecule has 2 fully saturated rings. The predicted molar refractivity (Wildman–Crippen MR) is 73.5 cm³/mol. The second-order valence-electron chi connectivity index (χ2n) is 6.40. The zero-order valence-electron chi connectivity index (χ0n) is 12.2. The molecule has 114 valence electrons. The van der Waals surface area contributed by atoms with Gasteiger partial charge in [-0.25, -0.2) is 4.79 Å². The van der Waals surface area contributed by atoms with Gasteiger partial charge >= 0.3 is 12.0 Å². The van der Waals surface area contributed by atoms with E-state index in [2.05, 4.69) is 19.2 Å². The van der Waals surface area contributed by atoms with E-state index >= 15 is 0 Å². The van der Waals surface area contributed by atoms with E-state index < -0.39 is 5.97 Å². The van der Waals surface area contributed by atoms with Crippen molar-refractivity contribution < 1.29 is 19.4 Å². The normalized spacial score (nSPS) is 29.2. The number of aliphatic carboxylic acids is 1. The van der Waals surface area contributed by atoms with Gasteiger partial charge in [-0.3, -0.25) is 4.79 Å². The lowest BCUT2D eigenvalue weighted by Gasteiger charge is -2.37. The summed E-state index contributed by atoms with van der Waals surface area (Å²) in [5.74, 6) is -0.903. The third kappa shape index (κ3) is 3.42. The lowest BCUT2D eigenvalue weighted by molar-refractivity contribution is -0.139. The Hall–Kier alpha value is -1.30. The average Bonchev–Trinajstić information content (AvgIpc) is 2.68. The summed E-state index contributed by atoms with van der Waals surface area (Å²) in [5, 5.41) is 12.0. The van der Waals surface area contributed by atoms with Crippen LogP contribution in [-0.4, -0.2) is 53.8 Å². The van der Waals surface area contributed by atoms with Gasteiger partial charge in [0.25, 0.3) is 0 Å². The molecule has 1 saturated heterocycles. The van der Waals surface area contributed by atoms with Crippen molar-refractivity contribution in [2.24, 2.45) is 5.41 Å². The zero-order chi connectivity index (χ0) is 14.8. The molecule has 1 saturated carbocycles. The number of nitrogens with zero attached hydrogens (tertiary/aromatic N) is 1. The van der Waals surface area contributed by atoms with Crippen molar-refractivity contribution in [3.63, 3.8) is 0 Å². The number of hydrogen-bond donors (Lipinski definition) is 2. The first-order chi connectivity index (χ1) is 9.40. The number of hydrogen-bond acceptors (Lipinski definition) is 3. The van der Waals surface area contributed by atoms with Crippen LogP contribution < -0.4 is 5.32 Å². The molecule has 0 spiro atoms. The van der Waals surface area contributed by atoms with Crippen molar-refractivity contribution in [3.8, 4) is 0 Å². The summed E-state index contributed by atoms with van der Waals surface area (Å²) in [7, 11) is 0. The molecular weight excluding hydrogens is 260 g/mol. The van der Waals surface area contributed by atoms with Gasteiger partial charge in [0, 0.05) is 12.6 Å². The highest BCUT2D eigenvalue weighted by atomic mass is 16.5. The van der Waals surface area contributed by atoms with Gasteiger partial charge in [0.2, 0.25) is 0 Å². The number of ether oxygens (including phenoxy) is 1. The van der Waals surface area contributed by atoms with Crippen molar-refractivity contribution in [3.05, 3.63) is 0 Å². The quantitative estimate of drug-likeness (QED) is 0.822. The van der Waals surface area contributed by atoms with Gasteiger partial charge in [0.15, 0.2) is 0 Å². The molecule has 2 amide bonds. The van der Waals surface area contributed by atoms with E-state index in [0.717, 1.165) is 19.3 Å². The molecule has 1 aliphatic carbocycles. The van der Waals surface area contributed by atoms with Crippen LogP contribution in [0.5, 0.6) is 0 Å². The molecular formula is C14H24N2O4. The van der Waals surface area contributed by atoms with E-state index in [1.165, 1.54) is 0 Å². The Balaban J connectivity index is 1.97. The van der Waals surface area contributed by atoms with E-state index in [4.69, 9.17) is 9.84 Å². The standard InChI is InChI=1S/C14H24N2O4/c1-14(2)5-3-4-11(14)15-13(19)16-6-7-20-9-10(16)8-12(17)18/h10-11H,3-9H2,1-2H3,(H,15,19)(H,17,18). The molecule has 20 heavy (non-hydrogen) atoms. The molecule has 0 aromatic carbocycles. The minimum atomic E-state index is -0.903. The smallest absolute Gasteiger partial charge is 0.318 e. The minimum Gasteiger partial charge on any atom is -0.481 e. The zero-order valence-corrected chi connectivity index (χ0v) is 12.2. The molecule has 1 heterocycles. The maximum absolute atomic E-state index is 12.4. The van der Waals surface area contributed by atoms with E-state index in [1.807, 2.05) is 0 Å². The van der Waals surface area contributed by atoms with Gasteiger partial charge in [-0.2, -0.15) is 0 Å². The summed E-state index contributed by atoms with van der Waals surface area (Å²) < 4.78 is 5.29. The summed E-state index contributed by atoms with van der Waals surface area (Å²) >= 11 is 0. The summed E-state index contributed by atoms with van der Waals surface area (Å²) in [5.41, 5.74) is 0.115. The summed E-state index contributed by atoms with van der Waals surface area (Å²) in [6, 6.07) is -0.353. The van der Waals surface area contributed by atoms with E-state index in [0.29, 0.717) is 19.8 Å². The predicted octanol–water partition coefficient (Wildman–Crippen LogP) is 1.45. The van der Waals surface area contributed by atoms with Crippen LogP contribution in [0, 0.1) is 5.41 Å². The van der Waals surface area contributed by atoms with Crippen molar-refractivity contribution in [2.75, 3.05) is 19.8 Å². The van der Waals surface area contributed by atoms with Crippen molar-refractivity contribution in [1.29, 1.82) is 0 Å². The highest BCUT2D eigenvalue weighted by Crippen LogP contribution is 2.37. The Morgan fingerprint density at radius 3 is 2.80 bits per heavy atom. The van der Waals surface area contributed by atoms with Gasteiger partial charge in [0.1, 0.15) is 0 Å². The van der Waals surface area contributed by atoms with Crippen LogP contribution in [0.3, 0.4) is 0 Å². The van der Waals surface area contributed by atoms with Gasteiger partial charge < -0.3 is 20.1 Å². The lowest BCUT2D eigenvalue weighted by atomic mass is 9.87. The van der Waals surface area contributed by atoms with Gasteiger partial charge in [-0.15, -0.1) is 0 Å². The average molecular weight is 284 g/mol. The third-order valence-electron chi connectivity index (χ3n) is 4.45. The maximum atomic E-state index is 12.4. The first kappa shape index (κ1) is 15.1. The SMILES string of the molecule is CC1(C)CCCC1NC(=O)N1CCOCC1CC(=O)O. The lowest BCUT2D eigenvalue weighted by Crippen LogP contribution is -2.56. The second-order valence-corrected chi connectivity index (χ2v) is 6.40. The molecule has 0 aromatic heterocycles. The van der Waals surface area contributed by atoms with Crippen LogP contribution in [0.1, 0.15) is 39.5 Å². The first-order valence-electron chi connectivity index (χ1n) is 7.27. The fourth-order valence-electron chi connectivity index (χ4n) is 3.12. The molecule has 0 radical (unpaired) electrons. The van der Waals surface area contributed by atoms with Crippen molar-refractivity contribution in [1.82, 2.24) is 10.2 Å². The van der Waals surface area contributed by atoms with Gasteiger partial charge in [-0.1, -0.05) is 20.3 Å². The van der Waals surface area contributed by atoms with Crippen LogP contribution in [0.2, 0.25) is 0 Å². The van der Waals surface area contributed by atoms with Crippen LogP contribution in [0.15, 0.2) is 0 Å². The Morgan fingerprint density at radius 1 is 1.45 bits per heavy atom. The second kappa shape index (κ2) is 5.99. The third-order valence-corrected chi connectivity index (χ3v) is 4.45. The molecule has 0 bridgehead atoms. The van der Waals surface area contributed by atoms with Gasteiger partial charge in [0.05, 0.1) is 25.7 Å². The molecule has 2 atom stereocenters. The topological polar surface area (TPSA) is 78.9 Å². The number of carboxylic acids is 1. The molecule has 6 nitrogen and oxygen atoms in total. The fourth-order valence-corrected chi connectivity index (χ4v) is 3.12. The summed E-state index contributed by atoms with van der Waals surface area (Å²) in [6.45, 7) is 5.56. The van der Waals surface area contributed by atoms with E-state index in [1.54, 1.807) is 4.90 Å². The van der Waals surface area contributed by atoms with Crippen molar-refractivity contribution >= 4 is 12.0 Å². The van der Waals surface area contributed by atoms with Crippen LogP contribution in [-0.2, 0) is 9.53 Å². The largest absolute Gasteiger partial charge is 0.481 e. The number of nitrogens with one attached hydrogen (secondary N) is 1. The molecule has 2 rings (SSSR count). The summed E-state index contributed by atoms with van der Waals surface area (Å²) in [6.07, 6.45) is 3.16. The number of urea groups is 1. The maximum Gasteiger partial charge on any atom is 0.318 e. The Labute approximate surface area is 119 Å². The monoisotopic (exact) mass is 284 g/mol. The number of rotatable bonds is 3. The molecule has 1 aliphatic heterocycles. The Bertz CT molecular complexity index is 383. The first-order valence-corrected chi connectivity index (χ1v) is 7.27. The molecule has 2 aliphatic rings. The van der Waals surface area contributed by atoms with Crippen LogP contribution in [0.25, 0.3) is 0 Å². The molecule has 2 N–H and O–H groups in total. The van der Waals surface area contributed by atoms with Gasteiger partial charge in [-0.05, 0) is 18.3 Å². The minimum absolute atomic E-state index is 0.0680. The number of carboxylic acid groups (broad SMARTS) is 1. The van der Waals surface area contributed by atoms with E-state index in [9.17, 15) is 9.59 Å². The highest BCUT2D eigenvalue weighted by Gasteiger charge is 2.37. The van der Waals surface area contributed by atoms with Crippen LogP contribution >= 0.6 is 0 Å². The van der Waals surface area contributed by atoms with E-state index in [-0.39, 0.29) is 30.0 Å². The van der Waals surface area contributed by atoms with Crippen molar-refractivity contribution in [2.45, 2.75) is 51.6 Å². The number of amides is 2. The molecule has 6 heteroatoms. The highest BCUT2D eigenvalue weighted by molar-refractivity contribution is 5.76. The van der Waals surface area contributed by atoms with Crippen LogP contribution in [0.4, 0.5) is 4.79 Å². The molecule has 2 unspecified atom stereocenters. The summed E-state index contributed by atoms with van der Waals surface area (Å²) in [4.78, 5) is 24.9. The molecule has 0 aromatic rings. The Morgan fingerprint density at radius 2 is 2.20 bits per heavy atom. The number of carbonyl (C=O) groups is 2. The number of morpholine rings is 1. The Kier molecular flexibility index (Phi) is 4.52. The number of carbonyl (C=O) groups excluding carboxylic acids is 1. The fraction of sp³-hybridized carbons (Fsp3) is 0.857.